The molecular weight excluding hydrogens is 404 g/mol. The second kappa shape index (κ2) is 9.61. The van der Waals surface area contributed by atoms with Crippen LogP contribution in [0.25, 0.3) is 10.8 Å². The summed E-state index contributed by atoms with van der Waals surface area (Å²) in [5, 5.41) is 2.63. The number of piperazine rings is 1. The van der Waals surface area contributed by atoms with Crippen LogP contribution in [0.4, 0.5) is 11.9 Å². The average Bonchev–Trinajstić information content (AvgIpc) is 2.72. The lowest BCUT2D eigenvalue weighted by molar-refractivity contribution is 0.311. The minimum Gasteiger partial charge on any atom is -0.368 e. The van der Waals surface area contributed by atoms with E-state index >= 15 is 0 Å². The van der Waals surface area contributed by atoms with Gasteiger partial charge in [0.2, 0.25) is 11.9 Å². The monoisotopic (exact) mass is 430 g/mol. The first-order chi connectivity index (χ1) is 13.6. The van der Waals surface area contributed by atoms with Crippen molar-refractivity contribution in [2.45, 2.75) is 23.5 Å². The summed E-state index contributed by atoms with van der Waals surface area (Å²) in [6.07, 6.45) is 0.920. The maximum atomic E-state index is 6.05. The SMILES string of the molecule is CCC(Sc1ccc2ccccc2c1)c1nc(N)nc(N2CCN(C)CC2)n1.Cl. The molecule has 2 heterocycles. The van der Waals surface area contributed by atoms with Crippen LogP contribution in [-0.4, -0.2) is 53.1 Å². The Morgan fingerprint density at radius 1 is 1.00 bits per heavy atom. The van der Waals surface area contributed by atoms with Crippen molar-refractivity contribution in [2.75, 3.05) is 43.9 Å². The van der Waals surface area contributed by atoms with Crippen LogP contribution in [-0.2, 0) is 0 Å². The fraction of sp³-hybridized carbons (Fsp3) is 0.381. The first kappa shape index (κ1) is 21.6. The summed E-state index contributed by atoms with van der Waals surface area (Å²) >= 11 is 1.79. The van der Waals surface area contributed by atoms with E-state index in [0.717, 1.165) is 38.4 Å². The molecule has 154 valence electrons. The molecule has 2 aromatic carbocycles. The molecule has 6 nitrogen and oxygen atoms in total. The predicted molar refractivity (Wildman–Crippen MR) is 124 cm³/mol. The maximum Gasteiger partial charge on any atom is 0.230 e. The number of nitrogens with zero attached hydrogens (tertiary/aromatic N) is 5. The molecule has 1 fully saturated rings. The van der Waals surface area contributed by atoms with Gasteiger partial charge < -0.3 is 15.5 Å². The molecule has 1 aliphatic rings. The molecule has 29 heavy (non-hydrogen) atoms. The van der Waals surface area contributed by atoms with E-state index in [1.165, 1.54) is 15.7 Å². The lowest BCUT2D eigenvalue weighted by Gasteiger charge is -2.32. The number of halogens is 1. The molecule has 0 aliphatic carbocycles. The van der Waals surface area contributed by atoms with Crippen molar-refractivity contribution in [3.05, 3.63) is 48.3 Å². The summed E-state index contributed by atoms with van der Waals surface area (Å²) in [6.45, 7) is 5.99. The Morgan fingerprint density at radius 3 is 2.45 bits per heavy atom. The van der Waals surface area contributed by atoms with Gasteiger partial charge in [-0.1, -0.05) is 37.3 Å². The zero-order chi connectivity index (χ0) is 19.5. The molecule has 1 aromatic heterocycles. The standard InChI is InChI=1S/C21H26N6S.ClH/c1-3-18(28-17-9-8-15-6-4-5-7-16(15)14-17)19-23-20(22)25-21(24-19)27-12-10-26(2)11-13-27;/h4-9,14,18H,3,10-13H2,1-2H3,(H2,22,23,24,25);1H. The summed E-state index contributed by atoms with van der Waals surface area (Å²) in [5.41, 5.74) is 6.05. The topological polar surface area (TPSA) is 71.2 Å². The second-order valence-electron chi connectivity index (χ2n) is 7.17. The molecule has 3 aromatic rings. The highest BCUT2D eigenvalue weighted by atomic mass is 35.5. The molecule has 0 saturated carbocycles. The Kier molecular flexibility index (Phi) is 7.16. The number of aromatic nitrogens is 3. The summed E-state index contributed by atoms with van der Waals surface area (Å²) < 4.78 is 0. The number of anilines is 2. The van der Waals surface area contributed by atoms with Gasteiger partial charge in [-0.25, -0.2) is 0 Å². The second-order valence-corrected chi connectivity index (χ2v) is 8.44. The van der Waals surface area contributed by atoms with Crippen molar-refractivity contribution in [1.82, 2.24) is 19.9 Å². The van der Waals surface area contributed by atoms with Crippen LogP contribution in [0.1, 0.15) is 24.4 Å². The Bertz CT molecular complexity index is 961. The van der Waals surface area contributed by atoms with Gasteiger partial charge in [0.15, 0.2) is 0 Å². The lowest BCUT2D eigenvalue weighted by atomic mass is 10.1. The summed E-state index contributed by atoms with van der Waals surface area (Å²) in [6, 6.07) is 15.0. The third-order valence-corrected chi connectivity index (χ3v) is 6.46. The van der Waals surface area contributed by atoms with E-state index in [9.17, 15) is 0 Å². The Balaban J connectivity index is 0.00000240. The van der Waals surface area contributed by atoms with Gasteiger partial charge in [-0.15, -0.1) is 24.2 Å². The van der Waals surface area contributed by atoms with Crippen molar-refractivity contribution in [3.8, 4) is 0 Å². The van der Waals surface area contributed by atoms with Gasteiger partial charge in [0.1, 0.15) is 5.82 Å². The number of thioether (sulfide) groups is 1. The van der Waals surface area contributed by atoms with E-state index in [4.69, 9.17) is 10.7 Å². The Labute approximate surface area is 182 Å². The van der Waals surface area contributed by atoms with Crippen LogP contribution < -0.4 is 10.6 Å². The van der Waals surface area contributed by atoms with Crippen LogP contribution in [0.5, 0.6) is 0 Å². The molecule has 4 rings (SSSR count). The molecule has 8 heteroatoms. The van der Waals surface area contributed by atoms with Crippen LogP contribution in [0.3, 0.4) is 0 Å². The van der Waals surface area contributed by atoms with E-state index in [1.54, 1.807) is 11.8 Å². The molecule has 0 amide bonds. The van der Waals surface area contributed by atoms with E-state index in [1.807, 2.05) is 0 Å². The van der Waals surface area contributed by atoms with Gasteiger partial charge >= 0.3 is 0 Å². The fourth-order valence-corrected chi connectivity index (χ4v) is 4.46. The minimum absolute atomic E-state index is 0. The molecule has 2 N–H and O–H groups in total. The van der Waals surface area contributed by atoms with Gasteiger partial charge in [-0.3, -0.25) is 0 Å². The molecule has 0 bridgehead atoms. The van der Waals surface area contributed by atoms with E-state index < -0.39 is 0 Å². The number of benzene rings is 2. The van der Waals surface area contributed by atoms with Gasteiger partial charge in [-0.2, -0.15) is 15.0 Å². The number of rotatable bonds is 5. The highest BCUT2D eigenvalue weighted by Gasteiger charge is 2.21. The van der Waals surface area contributed by atoms with E-state index in [0.29, 0.717) is 11.9 Å². The van der Waals surface area contributed by atoms with Crippen LogP contribution >= 0.6 is 24.2 Å². The highest BCUT2D eigenvalue weighted by molar-refractivity contribution is 7.99. The average molecular weight is 431 g/mol. The molecule has 0 spiro atoms. The van der Waals surface area contributed by atoms with Crippen LogP contribution in [0, 0.1) is 0 Å². The van der Waals surface area contributed by atoms with Gasteiger partial charge in [0.05, 0.1) is 5.25 Å². The number of hydrogen-bond donors (Lipinski definition) is 1. The fourth-order valence-electron chi connectivity index (χ4n) is 3.41. The maximum absolute atomic E-state index is 6.05. The van der Waals surface area contributed by atoms with Gasteiger partial charge in [0.25, 0.3) is 0 Å². The molecule has 1 aliphatic heterocycles. The highest BCUT2D eigenvalue weighted by Crippen LogP contribution is 2.37. The van der Waals surface area contributed by atoms with E-state index in [2.05, 4.69) is 76.2 Å². The van der Waals surface area contributed by atoms with Gasteiger partial charge in [-0.05, 0) is 36.4 Å². The molecule has 1 atom stereocenters. The zero-order valence-corrected chi connectivity index (χ0v) is 18.4. The van der Waals surface area contributed by atoms with Crippen LogP contribution in [0.2, 0.25) is 0 Å². The van der Waals surface area contributed by atoms with Crippen LogP contribution in [0.15, 0.2) is 47.4 Å². The first-order valence-corrected chi connectivity index (χ1v) is 10.6. The summed E-state index contributed by atoms with van der Waals surface area (Å²) in [7, 11) is 2.14. The van der Waals surface area contributed by atoms with Crippen molar-refractivity contribution in [2.24, 2.45) is 0 Å². The number of fused-ring (bicyclic) bond motifs is 1. The van der Waals surface area contributed by atoms with Gasteiger partial charge in [0, 0.05) is 31.1 Å². The van der Waals surface area contributed by atoms with Crippen molar-refractivity contribution < 1.29 is 0 Å². The quantitative estimate of drug-likeness (QED) is 0.612. The predicted octanol–water partition coefficient (Wildman–Crippen LogP) is 4.02. The van der Waals surface area contributed by atoms with Crippen molar-refractivity contribution >= 4 is 46.8 Å². The third-order valence-electron chi connectivity index (χ3n) is 5.10. The summed E-state index contributed by atoms with van der Waals surface area (Å²) in [4.78, 5) is 19.4. The lowest BCUT2D eigenvalue weighted by Crippen LogP contribution is -2.45. The molecular formula is C21H27ClN6S. The largest absolute Gasteiger partial charge is 0.368 e. The number of nitrogen functional groups attached to an aromatic ring is 1. The smallest absolute Gasteiger partial charge is 0.230 e. The number of hydrogen-bond acceptors (Lipinski definition) is 7. The Morgan fingerprint density at radius 2 is 1.72 bits per heavy atom. The molecule has 0 radical (unpaired) electrons. The number of nitrogens with two attached hydrogens (primary N) is 1. The third kappa shape index (κ3) is 5.10. The Hall–Kier alpha value is -2.09. The summed E-state index contributed by atoms with van der Waals surface area (Å²) in [5.74, 6) is 1.77. The molecule has 1 saturated heterocycles. The van der Waals surface area contributed by atoms with Crippen molar-refractivity contribution in [3.63, 3.8) is 0 Å². The molecule has 1 unspecified atom stereocenters. The first-order valence-electron chi connectivity index (χ1n) is 9.73. The zero-order valence-electron chi connectivity index (χ0n) is 16.8. The van der Waals surface area contributed by atoms with Crippen molar-refractivity contribution in [1.29, 1.82) is 0 Å². The number of likely N-dealkylation sites (N-methyl/N-ethyl adjacent to an activating group) is 1. The normalized spacial score (nSPS) is 15.9. The minimum atomic E-state index is 0. The van der Waals surface area contributed by atoms with E-state index in [-0.39, 0.29) is 17.7 Å².